The summed E-state index contributed by atoms with van der Waals surface area (Å²) in [6.07, 6.45) is 0.301. The van der Waals surface area contributed by atoms with Crippen molar-refractivity contribution in [2.45, 2.75) is 13.3 Å². The van der Waals surface area contributed by atoms with Crippen LogP contribution in [0.3, 0.4) is 0 Å². The number of aromatic nitrogens is 1. The summed E-state index contributed by atoms with van der Waals surface area (Å²) in [4.78, 5) is 23.5. The van der Waals surface area contributed by atoms with Crippen LogP contribution < -0.4 is 15.6 Å². The first-order chi connectivity index (χ1) is 12.1. The lowest BCUT2D eigenvalue weighted by Crippen LogP contribution is -2.41. The summed E-state index contributed by atoms with van der Waals surface area (Å²) in [5.41, 5.74) is 6.13. The number of rotatable bonds is 4. The molecular formula is C19H19N3O3. The zero-order valence-electron chi connectivity index (χ0n) is 14.1. The van der Waals surface area contributed by atoms with Gasteiger partial charge < -0.3 is 9.30 Å². The van der Waals surface area contributed by atoms with E-state index in [0.29, 0.717) is 17.9 Å². The number of carbonyl (C=O) groups excluding carboxylic acids is 2. The molecule has 0 spiro atoms. The Balaban J connectivity index is 1.83. The van der Waals surface area contributed by atoms with Crippen molar-refractivity contribution in [1.82, 2.24) is 15.4 Å². The third-order valence-electron chi connectivity index (χ3n) is 3.86. The molecule has 6 nitrogen and oxygen atoms in total. The van der Waals surface area contributed by atoms with Crippen LogP contribution >= 0.6 is 0 Å². The number of aryl methyl sites for hydroxylation is 1. The van der Waals surface area contributed by atoms with Crippen LogP contribution in [0, 0.1) is 0 Å². The third-order valence-corrected chi connectivity index (χ3v) is 3.86. The lowest BCUT2D eigenvalue weighted by atomic mass is 10.2. The molecule has 1 aromatic heterocycles. The Hall–Kier alpha value is -3.28. The van der Waals surface area contributed by atoms with Crippen molar-refractivity contribution in [2.24, 2.45) is 7.05 Å². The van der Waals surface area contributed by atoms with Crippen LogP contribution in [0.4, 0.5) is 0 Å². The van der Waals surface area contributed by atoms with Crippen molar-refractivity contribution < 1.29 is 14.3 Å². The molecule has 2 amide bonds. The van der Waals surface area contributed by atoms with E-state index in [1.165, 1.54) is 0 Å². The molecule has 128 valence electrons. The maximum absolute atomic E-state index is 12.3. The van der Waals surface area contributed by atoms with E-state index >= 15 is 0 Å². The Morgan fingerprint density at radius 3 is 2.48 bits per heavy atom. The monoisotopic (exact) mass is 337 g/mol. The Morgan fingerprint density at radius 2 is 1.76 bits per heavy atom. The molecule has 0 aliphatic carbocycles. The molecule has 0 aliphatic heterocycles. The van der Waals surface area contributed by atoms with Gasteiger partial charge in [-0.2, -0.15) is 0 Å². The van der Waals surface area contributed by atoms with Gasteiger partial charge in [0.25, 0.3) is 5.91 Å². The van der Waals surface area contributed by atoms with Crippen LogP contribution in [0.2, 0.25) is 0 Å². The maximum Gasteiger partial charge on any atom is 0.286 e. The molecular weight excluding hydrogens is 318 g/mol. The largest absolute Gasteiger partial charge is 0.457 e. The second-order valence-corrected chi connectivity index (χ2v) is 5.58. The maximum atomic E-state index is 12.3. The summed E-state index contributed by atoms with van der Waals surface area (Å²) in [7, 11) is 1.80. The highest BCUT2D eigenvalue weighted by atomic mass is 16.5. The number of benzene rings is 2. The number of hydrogen-bond acceptors (Lipinski definition) is 3. The topological polar surface area (TPSA) is 72.4 Å². The number of nitrogens with one attached hydrogen (secondary N) is 2. The van der Waals surface area contributed by atoms with Gasteiger partial charge in [-0.05, 0) is 36.4 Å². The van der Waals surface area contributed by atoms with Gasteiger partial charge in [-0.15, -0.1) is 0 Å². The molecule has 25 heavy (non-hydrogen) atoms. The van der Waals surface area contributed by atoms with E-state index in [-0.39, 0.29) is 11.8 Å². The number of ether oxygens (including phenoxy) is 1. The first-order valence-electron chi connectivity index (χ1n) is 8.00. The molecule has 0 atom stereocenters. The SMILES string of the molecule is CCC(=O)NNC(=O)c1cc2cc(Oc3ccccc3)ccc2n1C. The van der Waals surface area contributed by atoms with Gasteiger partial charge in [0.2, 0.25) is 5.91 Å². The van der Waals surface area contributed by atoms with Crippen LogP contribution in [-0.2, 0) is 11.8 Å². The minimum atomic E-state index is -0.369. The number of amides is 2. The highest BCUT2D eigenvalue weighted by Crippen LogP contribution is 2.27. The van der Waals surface area contributed by atoms with Gasteiger partial charge in [0, 0.05) is 24.4 Å². The van der Waals surface area contributed by atoms with E-state index in [1.807, 2.05) is 48.5 Å². The minimum absolute atomic E-state index is 0.245. The van der Waals surface area contributed by atoms with E-state index < -0.39 is 0 Å². The van der Waals surface area contributed by atoms with Crippen LogP contribution in [0.25, 0.3) is 10.9 Å². The molecule has 2 N–H and O–H groups in total. The molecule has 0 bridgehead atoms. The zero-order valence-corrected chi connectivity index (χ0v) is 14.1. The Kier molecular flexibility index (Phi) is 4.70. The molecule has 0 radical (unpaired) electrons. The molecule has 6 heteroatoms. The van der Waals surface area contributed by atoms with Crippen molar-refractivity contribution >= 4 is 22.7 Å². The predicted molar refractivity (Wildman–Crippen MR) is 95.3 cm³/mol. The molecule has 2 aromatic carbocycles. The zero-order chi connectivity index (χ0) is 17.8. The van der Waals surface area contributed by atoms with Crippen molar-refractivity contribution in [2.75, 3.05) is 0 Å². The molecule has 3 aromatic rings. The fraction of sp³-hybridized carbons (Fsp3) is 0.158. The van der Waals surface area contributed by atoms with Crippen LogP contribution in [0.5, 0.6) is 11.5 Å². The predicted octanol–water partition coefficient (Wildman–Crippen LogP) is 3.14. The highest BCUT2D eigenvalue weighted by molar-refractivity contribution is 5.99. The van der Waals surface area contributed by atoms with Gasteiger partial charge in [0.05, 0.1) is 0 Å². The summed E-state index contributed by atoms with van der Waals surface area (Å²) in [5, 5.41) is 0.878. The number of carbonyl (C=O) groups is 2. The minimum Gasteiger partial charge on any atom is -0.457 e. The fourth-order valence-electron chi connectivity index (χ4n) is 2.51. The Bertz CT molecular complexity index is 916. The highest BCUT2D eigenvalue weighted by Gasteiger charge is 2.14. The van der Waals surface area contributed by atoms with Gasteiger partial charge in [-0.3, -0.25) is 20.4 Å². The molecule has 0 saturated heterocycles. The quantitative estimate of drug-likeness (QED) is 0.719. The first kappa shape index (κ1) is 16.6. The summed E-state index contributed by atoms with van der Waals surface area (Å²) < 4.78 is 7.60. The average molecular weight is 337 g/mol. The van der Waals surface area contributed by atoms with Gasteiger partial charge in [0.1, 0.15) is 17.2 Å². The van der Waals surface area contributed by atoms with Gasteiger partial charge in [-0.25, -0.2) is 0 Å². The van der Waals surface area contributed by atoms with Crippen molar-refractivity contribution in [3.63, 3.8) is 0 Å². The summed E-state index contributed by atoms with van der Waals surface area (Å²) >= 11 is 0. The molecule has 1 heterocycles. The summed E-state index contributed by atoms with van der Waals surface area (Å²) in [5.74, 6) is 0.824. The van der Waals surface area contributed by atoms with E-state index in [9.17, 15) is 9.59 Å². The van der Waals surface area contributed by atoms with Gasteiger partial charge in [-0.1, -0.05) is 25.1 Å². The molecule has 3 rings (SSSR count). The fourth-order valence-corrected chi connectivity index (χ4v) is 2.51. The third kappa shape index (κ3) is 3.63. The van der Waals surface area contributed by atoms with Crippen molar-refractivity contribution in [1.29, 1.82) is 0 Å². The number of hydrazine groups is 1. The standard InChI is InChI=1S/C19H19N3O3/c1-3-18(23)20-21-19(24)17-12-13-11-15(9-10-16(13)22(17)2)25-14-7-5-4-6-8-14/h4-12H,3H2,1-2H3,(H,20,23)(H,21,24). The lowest BCUT2D eigenvalue weighted by Gasteiger charge is -2.07. The van der Waals surface area contributed by atoms with E-state index in [2.05, 4.69) is 10.9 Å². The number of fused-ring (bicyclic) bond motifs is 1. The normalized spacial score (nSPS) is 10.5. The van der Waals surface area contributed by atoms with Crippen molar-refractivity contribution in [3.05, 3.63) is 60.3 Å². The van der Waals surface area contributed by atoms with Gasteiger partial charge >= 0.3 is 0 Å². The smallest absolute Gasteiger partial charge is 0.286 e. The Morgan fingerprint density at radius 1 is 1.00 bits per heavy atom. The summed E-state index contributed by atoms with van der Waals surface area (Å²) in [6.45, 7) is 1.71. The molecule has 0 aliphatic rings. The average Bonchev–Trinajstić information content (AvgIpc) is 2.96. The van der Waals surface area contributed by atoms with E-state index in [4.69, 9.17) is 4.74 Å². The Labute approximate surface area is 145 Å². The number of para-hydroxylation sites is 1. The van der Waals surface area contributed by atoms with E-state index in [1.54, 1.807) is 24.6 Å². The van der Waals surface area contributed by atoms with Gasteiger partial charge in [0.15, 0.2) is 0 Å². The number of nitrogens with zero attached hydrogens (tertiary/aromatic N) is 1. The second kappa shape index (κ2) is 7.09. The van der Waals surface area contributed by atoms with Crippen LogP contribution in [0.15, 0.2) is 54.6 Å². The molecule has 0 unspecified atom stereocenters. The molecule has 0 saturated carbocycles. The first-order valence-corrected chi connectivity index (χ1v) is 8.00. The van der Waals surface area contributed by atoms with Crippen LogP contribution in [-0.4, -0.2) is 16.4 Å². The van der Waals surface area contributed by atoms with E-state index in [0.717, 1.165) is 16.7 Å². The van der Waals surface area contributed by atoms with Crippen LogP contribution in [0.1, 0.15) is 23.8 Å². The summed E-state index contributed by atoms with van der Waals surface area (Å²) in [6, 6.07) is 16.9. The molecule has 0 fully saturated rings. The van der Waals surface area contributed by atoms with Crippen molar-refractivity contribution in [3.8, 4) is 11.5 Å². The second-order valence-electron chi connectivity index (χ2n) is 5.58. The number of hydrogen-bond donors (Lipinski definition) is 2. The lowest BCUT2D eigenvalue weighted by molar-refractivity contribution is -0.121.